The molecule has 0 bridgehead atoms. The lowest BCUT2D eigenvalue weighted by Crippen LogP contribution is -2.02. The minimum absolute atomic E-state index is 0.910. The summed E-state index contributed by atoms with van der Waals surface area (Å²) >= 11 is 0. The van der Waals surface area contributed by atoms with Gasteiger partial charge in [-0.05, 0) is 68.0 Å². The summed E-state index contributed by atoms with van der Waals surface area (Å²) in [6.07, 6.45) is 1.88. The first-order valence-electron chi connectivity index (χ1n) is 11.0. The summed E-state index contributed by atoms with van der Waals surface area (Å²) in [5, 5.41) is 1.32. The van der Waals surface area contributed by atoms with Gasteiger partial charge in [-0.1, -0.05) is 85.8 Å². The summed E-state index contributed by atoms with van der Waals surface area (Å²) < 4.78 is 2.36. The number of hydrogen-bond acceptors (Lipinski definition) is 0. The van der Waals surface area contributed by atoms with Crippen LogP contribution in [-0.2, 0) is 12.8 Å². The molecule has 1 heterocycles. The molecule has 1 nitrogen and oxygen atoms in total. The van der Waals surface area contributed by atoms with Crippen LogP contribution >= 0.6 is 0 Å². The Morgan fingerprint density at radius 1 is 0.903 bits per heavy atom. The van der Waals surface area contributed by atoms with Crippen LogP contribution in [0, 0.1) is 13.8 Å². The van der Waals surface area contributed by atoms with E-state index in [9.17, 15) is 0 Å². The van der Waals surface area contributed by atoms with Crippen molar-refractivity contribution < 1.29 is 0 Å². The van der Waals surface area contributed by atoms with Crippen LogP contribution < -0.4 is 0 Å². The van der Waals surface area contributed by atoms with E-state index in [0.717, 1.165) is 24.1 Å². The molecule has 0 spiro atoms. The molecule has 1 aromatic heterocycles. The third-order valence-electron chi connectivity index (χ3n) is 6.04. The highest BCUT2D eigenvalue weighted by atomic mass is 15.0. The third kappa shape index (κ3) is 3.88. The van der Waals surface area contributed by atoms with Gasteiger partial charge in [0.1, 0.15) is 0 Å². The first kappa shape index (κ1) is 20.9. The first-order valence-corrected chi connectivity index (χ1v) is 11.0. The van der Waals surface area contributed by atoms with Crippen molar-refractivity contribution in [1.82, 2.24) is 4.57 Å². The standard InChI is InChI=1S/C30H31N/c1-7-26-28-19-21(4)12-17-29(28)31(30(26)27-11-9-8-10-22(27)5)23(6)25-15-13-24(14-16-25)18-20(2)3/h8-17,19H,2,6-7,18H2,1,3-5H3. The first-order chi connectivity index (χ1) is 14.9. The number of aryl methyl sites for hydroxylation is 3. The number of rotatable bonds is 6. The predicted octanol–water partition coefficient (Wildman–Crippen LogP) is 8.13. The Morgan fingerprint density at radius 3 is 2.26 bits per heavy atom. The smallest absolute Gasteiger partial charge is 0.0575 e. The van der Waals surface area contributed by atoms with Crippen molar-refractivity contribution >= 4 is 16.6 Å². The molecule has 0 fully saturated rings. The normalized spacial score (nSPS) is 11.1. The lowest BCUT2D eigenvalue weighted by molar-refractivity contribution is 1.10. The number of allylic oxidation sites excluding steroid dienone is 1. The minimum atomic E-state index is 0.910. The van der Waals surface area contributed by atoms with E-state index < -0.39 is 0 Å². The second-order valence-electron chi connectivity index (χ2n) is 8.63. The average molecular weight is 406 g/mol. The summed E-state index contributed by atoms with van der Waals surface area (Å²) in [6.45, 7) is 17.3. The molecule has 0 saturated heterocycles. The fourth-order valence-electron chi connectivity index (χ4n) is 4.52. The molecule has 0 amide bonds. The van der Waals surface area contributed by atoms with Gasteiger partial charge in [0, 0.05) is 16.6 Å². The summed E-state index contributed by atoms with van der Waals surface area (Å²) in [5.41, 5.74) is 12.3. The second kappa shape index (κ2) is 8.43. The van der Waals surface area contributed by atoms with Gasteiger partial charge in [-0.15, -0.1) is 0 Å². The number of benzene rings is 3. The van der Waals surface area contributed by atoms with Crippen molar-refractivity contribution in [2.45, 2.75) is 40.5 Å². The quantitative estimate of drug-likeness (QED) is 0.285. The highest BCUT2D eigenvalue weighted by Crippen LogP contribution is 2.39. The molecule has 0 radical (unpaired) electrons. The number of fused-ring (bicyclic) bond motifs is 1. The van der Waals surface area contributed by atoms with Crippen molar-refractivity contribution in [3.05, 3.63) is 113 Å². The minimum Gasteiger partial charge on any atom is -0.309 e. The Kier molecular flexibility index (Phi) is 5.69. The van der Waals surface area contributed by atoms with Crippen LogP contribution in [-0.4, -0.2) is 4.57 Å². The van der Waals surface area contributed by atoms with Crippen molar-refractivity contribution in [1.29, 1.82) is 0 Å². The summed E-state index contributed by atoms with van der Waals surface area (Å²) in [6, 6.07) is 24.2. The zero-order chi connectivity index (χ0) is 22.1. The number of aromatic nitrogens is 1. The van der Waals surface area contributed by atoms with E-state index in [2.05, 4.69) is 112 Å². The average Bonchev–Trinajstić information content (AvgIpc) is 3.06. The van der Waals surface area contributed by atoms with E-state index in [1.54, 1.807) is 0 Å². The maximum absolute atomic E-state index is 4.57. The van der Waals surface area contributed by atoms with Crippen LogP contribution in [0.3, 0.4) is 0 Å². The Hall–Kier alpha value is -3.32. The molecule has 0 atom stereocenters. The molecule has 4 rings (SSSR count). The van der Waals surface area contributed by atoms with Crippen molar-refractivity contribution in [3.63, 3.8) is 0 Å². The monoisotopic (exact) mass is 405 g/mol. The molecule has 1 heteroatoms. The Balaban J connectivity index is 1.96. The summed E-state index contributed by atoms with van der Waals surface area (Å²) in [7, 11) is 0. The maximum atomic E-state index is 4.57. The molecule has 0 aliphatic carbocycles. The lowest BCUT2D eigenvalue weighted by Gasteiger charge is -2.17. The largest absolute Gasteiger partial charge is 0.309 e. The highest BCUT2D eigenvalue weighted by Gasteiger charge is 2.21. The van der Waals surface area contributed by atoms with Gasteiger partial charge in [0.05, 0.1) is 11.2 Å². The lowest BCUT2D eigenvalue weighted by atomic mass is 9.99. The van der Waals surface area contributed by atoms with E-state index >= 15 is 0 Å². The van der Waals surface area contributed by atoms with Crippen molar-refractivity contribution in [2.24, 2.45) is 0 Å². The molecule has 31 heavy (non-hydrogen) atoms. The summed E-state index contributed by atoms with van der Waals surface area (Å²) in [5.74, 6) is 0. The molecule has 156 valence electrons. The molecular weight excluding hydrogens is 374 g/mol. The van der Waals surface area contributed by atoms with Gasteiger partial charge in [0.15, 0.2) is 0 Å². The van der Waals surface area contributed by atoms with E-state index in [4.69, 9.17) is 0 Å². The van der Waals surface area contributed by atoms with Crippen molar-refractivity contribution in [3.8, 4) is 11.3 Å². The predicted molar refractivity (Wildman–Crippen MR) is 136 cm³/mol. The van der Waals surface area contributed by atoms with Gasteiger partial charge < -0.3 is 4.57 Å². The van der Waals surface area contributed by atoms with Crippen LogP contribution in [0.25, 0.3) is 27.9 Å². The fourth-order valence-corrected chi connectivity index (χ4v) is 4.52. The van der Waals surface area contributed by atoms with E-state index in [0.29, 0.717) is 0 Å². The molecular formula is C30H31N. The van der Waals surface area contributed by atoms with Gasteiger partial charge in [-0.3, -0.25) is 0 Å². The Morgan fingerprint density at radius 2 is 1.61 bits per heavy atom. The van der Waals surface area contributed by atoms with Crippen LogP contribution in [0.2, 0.25) is 0 Å². The Labute approximate surface area is 186 Å². The second-order valence-corrected chi connectivity index (χ2v) is 8.63. The molecule has 0 N–H and O–H groups in total. The zero-order valence-electron chi connectivity index (χ0n) is 19.1. The fraction of sp³-hybridized carbons (Fsp3) is 0.200. The van der Waals surface area contributed by atoms with Gasteiger partial charge in [0.25, 0.3) is 0 Å². The van der Waals surface area contributed by atoms with Gasteiger partial charge in [-0.2, -0.15) is 0 Å². The van der Waals surface area contributed by atoms with E-state index in [1.165, 1.54) is 50.0 Å². The molecule has 0 saturated carbocycles. The molecule has 0 aliphatic rings. The van der Waals surface area contributed by atoms with Crippen LogP contribution in [0.1, 0.15) is 41.7 Å². The molecule has 0 unspecified atom stereocenters. The van der Waals surface area contributed by atoms with Crippen molar-refractivity contribution in [2.75, 3.05) is 0 Å². The highest BCUT2D eigenvalue weighted by molar-refractivity contribution is 5.97. The molecule has 4 aromatic rings. The zero-order valence-corrected chi connectivity index (χ0v) is 19.1. The Bertz CT molecular complexity index is 1280. The van der Waals surface area contributed by atoms with Gasteiger partial charge in [0.2, 0.25) is 0 Å². The van der Waals surface area contributed by atoms with Crippen LogP contribution in [0.5, 0.6) is 0 Å². The topological polar surface area (TPSA) is 4.93 Å². The number of nitrogens with zero attached hydrogens (tertiary/aromatic N) is 1. The molecule has 3 aromatic carbocycles. The SMILES string of the molecule is C=C(C)Cc1ccc(C(=C)n2c(-c3ccccc3C)c(CC)c3cc(C)ccc32)cc1. The third-order valence-corrected chi connectivity index (χ3v) is 6.04. The van der Waals surface area contributed by atoms with Crippen LogP contribution in [0.4, 0.5) is 0 Å². The molecule has 0 aliphatic heterocycles. The van der Waals surface area contributed by atoms with Crippen LogP contribution in [0.15, 0.2) is 85.5 Å². The van der Waals surface area contributed by atoms with Gasteiger partial charge >= 0.3 is 0 Å². The number of hydrogen-bond donors (Lipinski definition) is 0. The maximum Gasteiger partial charge on any atom is 0.0575 e. The van der Waals surface area contributed by atoms with E-state index in [1.807, 2.05) is 0 Å². The summed E-state index contributed by atoms with van der Waals surface area (Å²) in [4.78, 5) is 0. The van der Waals surface area contributed by atoms with E-state index in [-0.39, 0.29) is 0 Å². The van der Waals surface area contributed by atoms with Gasteiger partial charge in [-0.25, -0.2) is 0 Å².